The lowest BCUT2D eigenvalue weighted by molar-refractivity contribution is -0.384. The van der Waals surface area contributed by atoms with Crippen LogP contribution in [-0.4, -0.2) is 171 Å². The Hall–Kier alpha value is -11.6. The van der Waals surface area contributed by atoms with Crippen LogP contribution in [-0.2, 0) is 48.3 Å². The number of nitro benzene ring substituents is 1. The van der Waals surface area contributed by atoms with Crippen LogP contribution in [0.1, 0.15) is 92.6 Å². The van der Waals surface area contributed by atoms with E-state index in [1.807, 2.05) is 47.5 Å². The van der Waals surface area contributed by atoms with E-state index >= 15 is 0 Å². The number of fused-ring (bicyclic) bond motifs is 7. The Balaban J connectivity index is 0.000000132. The Labute approximate surface area is 714 Å². The molecule has 3 amide bonds. The van der Waals surface area contributed by atoms with Gasteiger partial charge < -0.3 is 58.6 Å². The lowest BCUT2D eigenvalue weighted by Crippen LogP contribution is -2.57. The van der Waals surface area contributed by atoms with Crippen molar-refractivity contribution in [2.75, 3.05) is 103 Å². The van der Waals surface area contributed by atoms with Crippen LogP contribution < -0.4 is 56.6 Å². The average Bonchev–Trinajstić information content (AvgIpc) is 1.55. The number of ether oxygens (including phenoxy) is 4. The van der Waals surface area contributed by atoms with Crippen molar-refractivity contribution in [3.05, 3.63) is 225 Å². The molecule has 121 heavy (non-hydrogen) atoms. The summed E-state index contributed by atoms with van der Waals surface area (Å²) in [6, 6.07) is 37.7. The predicted molar refractivity (Wildman–Crippen MR) is 467 cm³/mol. The van der Waals surface area contributed by atoms with Gasteiger partial charge in [-0.15, -0.1) is 11.3 Å². The maximum atomic E-state index is 13.3. The number of hydrogen-bond donors (Lipinski definition) is 4. The van der Waals surface area contributed by atoms with Gasteiger partial charge in [0.05, 0.1) is 64.2 Å². The van der Waals surface area contributed by atoms with Gasteiger partial charge in [-0.3, -0.25) is 48.9 Å². The molecule has 4 N–H and O–H groups in total. The second-order valence-electron chi connectivity index (χ2n) is 30.3. The Kier molecular flexibility index (Phi) is 27.3. The number of hydrogen-bond acceptors (Lipinski definition) is 24. The van der Waals surface area contributed by atoms with Gasteiger partial charge >= 0.3 is 5.63 Å². The van der Waals surface area contributed by atoms with Crippen molar-refractivity contribution < 1.29 is 55.9 Å². The Morgan fingerprint density at radius 3 is 2.26 bits per heavy atom. The second-order valence-corrected chi connectivity index (χ2v) is 34.4. The lowest BCUT2D eigenvalue weighted by atomic mass is 9.79. The van der Waals surface area contributed by atoms with Crippen molar-refractivity contribution >= 4 is 133 Å². The number of amides is 3. The van der Waals surface area contributed by atoms with Crippen molar-refractivity contribution in [2.24, 2.45) is 16.8 Å². The lowest BCUT2D eigenvalue weighted by Gasteiger charge is -2.45. The number of Topliss-reactive ketones (excluding diaryl/α,β-unsaturated/α-hetero) is 1. The van der Waals surface area contributed by atoms with Crippen LogP contribution in [0.5, 0.6) is 17.2 Å². The fourth-order valence-electron chi connectivity index (χ4n) is 16.5. The number of nitrogens with zero attached hydrogens (tertiary/aromatic N) is 10. The molecule has 1 spiro atoms. The topological polar surface area (TPSA) is 360 Å². The first-order chi connectivity index (χ1) is 58.5. The van der Waals surface area contributed by atoms with E-state index in [-0.39, 0.29) is 104 Å². The summed E-state index contributed by atoms with van der Waals surface area (Å²) in [5.41, 5.74) is 7.94. The van der Waals surface area contributed by atoms with Crippen molar-refractivity contribution in [3.63, 3.8) is 0 Å². The highest BCUT2D eigenvalue weighted by atomic mass is 79.9. The minimum absolute atomic E-state index is 0.00255. The molecule has 10 heterocycles. The highest BCUT2D eigenvalue weighted by molar-refractivity contribution is 9.10. The summed E-state index contributed by atoms with van der Waals surface area (Å²) in [4.78, 5) is 110. The fraction of sp³-hybridized carbons (Fsp3) is 0.352. The molecule has 11 aromatic rings. The molecule has 0 bridgehead atoms. The van der Waals surface area contributed by atoms with Gasteiger partial charge in [-0.1, -0.05) is 63.9 Å². The third kappa shape index (κ3) is 19.3. The zero-order valence-electron chi connectivity index (χ0n) is 67.3. The van der Waals surface area contributed by atoms with Gasteiger partial charge in [0.15, 0.2) is 6.61 Å². The largest absolute Gasteiger partial charge is 0.497 e. The maximum absolute atomic E-state index is 13.3. The molecule has 29 nitrogen and oxygen atoms in total. The summed E-state index contributed by atoms with van der Waals surface area (Å²) in [5.74, 6) is 2.95. The molecule has 1 saturated carbocycles. The number of halogens is 2. The van der Waals surface area contributed by atoms with Crippen LogP contribution in [0.25, 0.3) is 49.0 Å². The number of piperidine rings is 1. The zero-order valence-corrected chi connectivity index (χ0v) is 71.3. The summed E-state index contributed by atoms with van der Waals surface area (Å²) in [6.07, 6.45) is 16.2. The van der Waals surface area contributed by atoms with Crippen LogP contribution in [0.2, 0.25) is 5.02 Å². The van der Waals surface area contributed by atoms with Gasteiger partial charge in [0.2, 0.25) is 15.7 Å². The Morgan fingerprint density at radius 1 is 0.810 bits per heavy atom. The number of sulfone groups is 1. The summed E-state index contributed by atoms with van der Waals surface area (Å²) in [5, 5.41) is 33.8. The minimum atomic E-state index is -4.04. The number of piperazine rings is 1. The first kappa shape index (κ1) is 85.9. The van der Waals surface area contributed by atoms with E-state index in [1.54, 1.807) is 124 Å². The number of aliphatic imine (C=N–C) groups is 1. The van der Waals surface area contributed by atoms with E-state index in [2.05, 4.69) is 67.0 Å². The standard InChI is InChI=1S/C24H28ClNO5.C23H21N5O3S.C21H26N4O3.C20H17BrN4O4S/c1-14(27)16-8-6-15(7-9-16)12-26-23(28)13-30-22-11-21-19(10-20(22)25)17-4-2-3-5-18(17)24(29)31-21;1-31-17-8-6-16(7-9-17)18-14-32-23-21(18)22(24-15-25-23)27-12-10-26(11-13-27)19-4-2-3-5-20(19)28(29)30;1-28-17-4-2-3-16(13-17)20(27)23-14-18(26)25-11-7-21(8-12-25)19-15(5-9-22-19)6-10-24-21;1-29-11-10-25-18(22)16(30(27,28)14-7-5-13(21)6-8-14)12-15-19(25)23-17-4-2-3-9-24(17)20(15)26/h10-11,15-16H,2-9,12-13H2,1H3,(H,26,28);2-9,14-15H,10-13H2,1H3;2-4,9,13,24H,5-8,10-12,14H2,1H3,(H,23,27);2-9,12,22H,10-11H2,1H3. The number of para-hydroxylation sites is 2. The monoisotopic (exact) mass is 1760 g/mol. The van der Waals surface area contributed by atoms with E-state index in [9.17, 15) is 47.3 Å². The number of aromatic nitrogens is 5. The molecule has 5 aromatic carbocycles. The van der Waals surface area contributed by atoms with E-state index in [4.69, 9.17) is 40.4 Å². The Morgan fingerprint density at radius 2 is 1.54 bits per heavy atom. The highest BCUT2D eigenvalue weighted by Gasteiger charge is 2.43. The van der Waals surface area contributed by atoms with Gasteiger partial charge in [-0.2, -0.15) is 0 Å². The number of carbonyl (C=O) groups is 4. The van der Waals surface area contributed by atoms with Crippen LogP contribution in [0.4, 0.5) is 17.2 Å². The number of aryl methyl sites for hydroxylation is 1. The molecule has 0 radical (unpaired) electrons. The molecule has 2 aliphatic carbocycles. The fourth-order valence-corrected chi connectivity index (χ4v) is 19.2. The third-order valence-corrected chi connectivity index (χ3v) is 26.5. The molecule has 3 fully saturated rings. The van der Waals surface area contributed by atoms with E-state index in [0.29, 0.717) is 77.6 Å². The van der Waals surface area contributed by atoms with Gasteiger partial charge in [0.25, 0.3) is 23.1 Å². The number of anilines is 2. The molecule has 4 aliphatic heterocycles. The third-order valence-electron chi connectivity index (χ3n) is 23.0. The van der Waals surface area contributed by atoms with Gasteiger partial charge in [0.1, 0.15) is 73.0 Å². The average molecular weight is 1770 g/mol. The normalized spacial score (nSPS) is 16.7. The van der Waals surface area contributed by atoms with Crippen molar-refractivity contribution in [2.45, 2.75) is 106 Å². The summed E-state index contributed by atoms with van der Waals surface area (Å²) in [7, 11) is 0.679. The zero-order chi connectivity index (χ0) is 85.1. The molecule has 33 heteroatoms. The molecular weight excluding hydrogens is 1670 g/mol. The first-order valence-corrected chi connectivity index (χ1v) is 43.6. The van der Waals surface area contributed by atoms with Crippen LogP contribution >= 0.6 is 38.9 Å². The number of nitrogens with one attached hydrogen (secondary N) is 4. The number of rotatable bonds is 20. The van der Waals surface area contributed by atoms with Crippen LogP contribution in [0.15, 0.2) is 196 Å². The number of thiophene rings is 1. The number of pyridine rings is 2. The summed E-state index contributed by atoms with van der Waals surface area (Å²) < 4.78 is 56.8. The van der Waals surface area contributed by atoms with Crippen molar-refractivity contribution in [1.29, 1.82) is 5.41 Å². The van der Waals surface area contributed by atoms with Crippen LogP contribution in [0, 0.1) is 27.4 Å². The molecule has 6 aliphatic rings. The number of ketones is 1. The molecule has 0 unspecified atom stereocenters. The predicted octanol–water partition coefficient (Wildman–Crippen LogP) is 12.7. The molecular formula is C88H92BrClN14O15S2. The number of likely N-dealkylation sites (tertiary alicyclic amines) is 1. The number of carbonyl (C=O) groups excluding carboxylic acids is 4. The second kappa shape index (κ2) is 38.5. The van der Waals surface area contributed by atoms with E-state index < -0.39 is 15.4 Å². The smallest absolute Gasteiger partial charge is 0.339 e. The quantitative estimate of drug-likeness (QED) is 0.0238. The molecule has 6 aromatic heterocycles. The Bertz CT molecular complexity index is 6120. The molecule has 0 atom stereocenters. The summed E-state index contributed by atoms with van der Waals surface area (Å²) >= 11 is 11.3. The maximum Gasteiger partial charge on any atom is 0.339 e. The molecule has 17 rings (SSSR count). The molecule has 630 valence electrons. The van der Waals surface area contributed by atoms with Crippen molar-refractivity contribution in [1.82, 2.24) is 44.8 Å². The first-order valence-electron chi connectivity index (χ1n) is 40.1. The number of benzene rings is 5. The minimum Gasteiger partial charge on any atom is -0.497 e. The molecule has 2 saturated heterocycles. The number of nitro groups is 1. The SMILES string of the molecule is CC(=O)C1CCC(CNC(=O)COc2cc3oc(=O)c4c(c3cc2Cl)CCCC4)CC1.COCCn1c(=N)c(S(=O)(=O)c2ccc(Br)cc2)cc2c(=O)n3ccccc3nc21.COc1ccc(-c2csc3ncnc(N4CCN(c5ccccc5[N+](=O)[O-])CC4)c23)cc1.COc1cccc(C(=O)NCC(=O)N2CCC3(CC2)NCCC2=C3N=CC2)c1. The van der Waals surface area contributed by atoms with Gasteiger partial charge in [-0.25, -0.2) is 28.2 Å². The number of methoxy groups -OCH3 is 3. The van der Waals surface area contributed by atoms with E-state index in [0.717, 1.165) is 151 Å². The van der Waals surface area contributed by atoms with Gasteiger partial charge in [-0.05, 0) is 192 Å². The highest BCUT2D eigenvalue weighted by Crippen LogP contribution is 2.42. The summed E-state index contributed by atoms with van der Waals surface area (Å²) in [6.45, 7) is 7.59. The van der Waals surface area contributed by atoms with Gasteiger partial charge in [0, 0.05) is 128 Å². The van der Waals surface area contributed by atoms with Crippen LogP contribution in [0.3, 0.4) is 0 Å². The van der Waals surface area contributed by atoms with Crippen molar-refractivity contribution in [3.8, 4) is 28.4 Å². The van der Waals surface area contributed by atoms with E-state index in [1.165, 1.54) is 45.5 Å².